The fourth-order valence-corrected chi connectivity index (χ4v) is 5.91. The minimum Gasteiger partial charge on any atom is -0.313 e. The Bertz CT molecular complexity index is 358. The van der Waals surface area contributed by atoms with Gasteiger partial charge in [-0.05, 0) is 37.1 Å². The average molecular weight is 297 g/mol. The summed E-state index contributed by atoms with van der Waals surface area (Å²) >= 11 is 4.33. The van der Waals surface area contributed by atoms with E-state index in [-0.39, 0.29) is 0 Å². The van der Waals surface area contributed by atoms with Crippen molar-refractivity contribution < 1.29 is 0 Å². The predicted molar refractivity (Wildman–Crippen MR) is 88.2 cm³/mol. The standard InChI is InChI=1S/C15H24N2S2/c1-3-14-15(19-10-9-18-14)13(17-4-2)11-12-5-7-16-8-6-12/h5-8,13-15,17H,3-4,9-11H2,1-2H3. The molecule has 0 bridgehead atoms. The second-order valence-electron chi connectivity index (χ2n) is 4.88. The molecular weight excluding hydrogens is 272 g/mol. The molecule has 0 amide bonds. The first-order valence-corrected chi connectivity index (χ1v) is 9.30. The third-order valence-corrected chi connectivity index (χ3v) is 6.97. The van der Waals surface area contributed by atoms with Crippen molar-refractivity contribution in [2.45, 2.75) is 43.2 Å². The molecule has 3 atom stereocenters. The van der Waals surface area contributed by atoms with E-state index >= 15 is 0 Å². The van der Waals surface area contributed by atoms with Crippen LogP contribution in [-0.4, -0.2) is 39.6 Å². The summed E-state index contributed by atoms with van der Waals surface area (Å²) < 4.78 is 0. The van der Waals surface area contributed by atoms with E-state index in [2.05, 4.69) is 59.8 Å². The van der Waals surface area contributed by atoms with E-state index < -0.39 is 0 Å². The van der Waals surface area contributed by atoms with Crippen LogP contribution in [-0.2, 0) is 6.42 Å². The lowest BCUT2D eigenvalue weighted by atomic mass is 10.0. The van der Waals surface area contributed by atoms with E-state index in [1.54, 1.807) is 0 Å². The molecule has 1 saturated heterocycles. The number of nitrogens with one attached hydrogen (secondary N) is 1. The van der Waals surface area contributed by atoms with Gasteiger partial charge in [0.1, 0.15) is 0 Å². The fraction of sp³-hybridized carbons (Fsp3) is 0.667. The second-order valence-corrected chi connectivity index (χ2v) is 7.51. The average Bonchev–Trinajstić information content (AvgIpc) is 2.48. The first kappa shape index (κ1) is 15.2. The highest BCUT2D eigenvalue weighted by molar-refractivity contribution is 8.07. The second kappa shape index (κ2) is 8.18. The van der Waals surface area contributed by atoms with Gasteiger partial charge in [0.05, 0.1) is 0 Å². The van der Waals surface area contributed by atoms with E-state index in [9.17, 15) is 0 Å². The number of hydrogen-bond donors (Lipinski definition) is 1. The molecule has 19 heavy (non-hydrogen) atoms. The molecule has 1 aromatic rings. The molecule has 0 radical (unpaired) electrons. The quantitative estimate of drug-likeness (QED) is 0.871. The normalized spacial score (nSPS) is 25.2. The van der Waals surface area contributed by atoms with E-state index in [4.69, 9.17) is 0 Å². The SMILES string of the molecule is CCNC(Cc1ccncc1)C1SCCSC1CC. The van der Waals surface area contributed by atoms with Crippen LogP contribution in [0.4, 0.5) is 0 Å². The Morgan fingerprint density at radius 1 is 1.26 bits per heavy atom. The summed E-state index contributed by atoms with van der Waals surface area (Å²) in [5, 5.41) is 5.24. The maximum atomic E-state index is 4.11. The van der Waals surface area contributed by atoms with Gasteiger partial charge in [-0.3, -0.25) is 4.98 Å². The monoisotopic (exact) mass is 296 g/mol. The molecule has 3 unspecified atom stereocenters. The highest BCUT2D eigenvalue weighted by atomic mass is 32.2. The van der Waals surface area contributed by atoms with Crippen LogP contribution >= 0.6 is 23.5 Å². The Hall–Kier alpha value is -0.190. The largest absolute Gasteiger partial charge is 0.313 e. The van der Waals surface area contributed by atoms with E-state index in [1.165, 1.54) is 23.5 Å². The van der Waals surface area contributed by atoms with Crippen LogP contribution < -0.4 is 5.32 Å². The van der Waals surface area contributed by atoms with Crippen molar-refractivity contribution in [3.63, 3.8) is 0 Å². The van der Waals surface area contributed by atoms with Crippen molar-refractivity contribution in [1.82, 2.24) is 10.3 Å². The van der Waals surface area contributed by atoms with E-state index in [1.807, 2.05) is 12.4 Å². The number of pyridine rings is 1. The van der Waals surface area contributed by atoms with Crippen LogP contribution in [0.2, 0.25) is 0 Å². The van der Waals surface area contributed by atoms with Gasteiger partial charge in [-0.1, -0.05) is 13.8 Å². The summed E-state index contributed by atoms with van der Waals surface area (Å²) in [6, 6.07) is 4.87. The molecule has 4 heteroatoms. The van der Waals surface area contributed by atoms with E-state index in [0.717, 1.165) is 23.5 Å². The zero-order valence-electron chi connectivity index (χ0n) is 11.8. The Morgan fingerprint density at radius 3 is 2.68 bits per heavy atom. The number of hydrogen-bond acceptors (Lipinski definition) is 4. The minimum absolute atomic E-state index is 0.579. The van der Waals surface area contributed by atoms with Crippen LogP contribution in [0.1, 0.15) is 25.8 Å². The molecule has 1 aliphatic rings. The number of nitrogens with zero attached hydrogens (tertiary/aromatic N) is 1. The number of rotatable bonds is 6. The molecule has 0 aliphatic carbocycles. The summed E-state index contributed by atoms with van der Waals surface area (Å²) in [7, 11) is 0. The zero-order valence-corrected chi connectivity index (χ0v) is 13.5. The maximum absolute atomic E-state index is 4.11. The van der Waals surface area contributed by atoms with Crippen molar-refractivity contribution in [2.24, 2.45) is 0 Å². The van der Waals surface area contributed by atoms with Crippen LogP contribution in [0.15, 0.2) is 24.5 Å². The van der Waals surface area contributed by atoms with Crippen LogP contribution in [0.5, 0.6) is 0 Å². The molecular formula is C15H24N2S2. The van der Waals surface area contributed by atoms with Gasteiger partial charge in [-0.2, -0.15) is 23.5 Å². The fourth-order valence-electron chi connectivity index (χ4n) is 2.65. The van der Waals surface area contributed by atoms with Gasteiger partial charge in [-0.15, -0.1) is 0 Å². The Balaban J connectivity index is 2.05. The summed E-state index contributed by atoms with van der Waals surface area (Å²) in [5.41, 5.74) is 1.40. The summed E-state index contributed by atoms with van der Waals surface area (Å²) in [6.45, 7) is 5.58. The maximum Gasteiger partial charge on any atom is 0.0323 e. The van der Waals surface area contributed by atoms with Gasteiger partial charge >= 0.3 is 0 Å². The van der Waals surface area contributed by atoms with Crippen molar-refractivity contribution in [2.75, 3.05) is 18.1 Å². The van der Waals surface area contributed by atoms with Crippen LogP contribution in [0, 0.1) is 0 Å². The van der Waals surface area contributed by atoms with Crippen LogP contribution in [0.3, 0.4) is 0 Å². The first-order chi connectivity index (χ1) is 9.35. The van der Waals surface area contributed by atoms with Gasteiger partial charge in [0.25, 0.3) is 0 Å². The molecule has 1 N–H and O–H groups in total. The van der Waals surface area contributed by atoms with Crippen molar-refractivity contribution in [3.05, 3.63) is 30.1 Å². The van der Waals surface area contributed by atoms with Gasteiger partial charge in [0.15, 0.2) is 0 Å². The molecule has 2 nitrogen and oxygen atoms in total. The highest BCUT2D eigenvalue weighted by Gasteiger charge is 2.31. The van der Waals surface area contributed by atoms with Crippen molar-refractivity contribution in [1.29, 1.82) is 0 Å². The Kier molecular flexibility index (Phi) is 6.54. The molecule has 1 aromatic heterocycles. The molecule has 2 heterocycles. The summed E-state index contributed by atoms with van der Waals surface area (Å²) in [6.07, 6.45) is 6.20. The predicted octanol–water partition coefficient (Wildman–Crippen LogP) is 3.23. The van der Waals surface area contributed by atoms with Crippen molar-refractivity contribution in [3.8, 4) is 0 Å². The lowest BCUT2D eigenvalue weighted by molar-refractivity contribution is 0.490. The molecule has 0 aromatic carbocycles. The number of likely N-dealkylation sites (N-methyl/N-ethyl adjacent to an activating group) is 1. The van der Waals surface area contributed by atoms with Gasteiger partial charge < -0.3 is 5.32 Å². The molecule has 106 valence electrons. The number of thioether (sulfide) groups is 2. The topological polar surface area (TPSA) is 24.9 Å². The summed E-state index contributed by atoms with van der Waals surface area (Å²) in [4.78, 5) is 4.11. The van der Waals surface area contributed by atoms with Crippen molar-refractivity contribution >= 4 is 23.5 Å². The molecule has 1 aliphatic heterocycles. The number of aromatic nitrogens is 1. The smallest absolute Gasteiger partial charge is 0.0323 e. The van der Waals surface area contributed by atoms with Gasteiger partial charge in [0, 0.05) is 40.4 Å². The molecule has 0 saturated carbocycles. The van der Waals surface area contributed by atoms with Gasteiger partial charge in [-0.25, -0.2) is 0 Å². The molecule has 2 rings (SSSR count). The Morgan fingerprint density at radius 2 is 2.00 bits per heavy atom. The minimum atomic E-state index is 0.579. The Labute approximate surface area is 125 Å². The highest BCUT2D eigenvalue weighted by Crippen LogP contribution is 2.35. The lowest BCUT2D eigenvalue weighted by Gasteiger charge is -2.36. The van der Waals surface area contributed by atoms with Crippen LogP contribution in [0.25, 0.3) is 0 Å². The zero-order chi connectivity index (χ0) is 13.5. The lowest BCUT2D eigenvalue weighted by Crippen LogP contribution is -2.46. The van der Waals surface area contributed by atoms with E-state index in [0.29, 0.717) is 6.04 Å². The van der Waals surface area contributed by atoms with Gasteiger partial charge in [0.2, 0.25) is 0 Å². The molecule has 0 spiro atoms. The third kappa shape index (κ3) is 4.40. The third-order valence-electron chi connectivity index (χ3n) is 3.56. The summed E-state index contributed by atoms with van der Waals surface area (Å²) in [5.74, 6) is 2.61. The first-order valence-electron chi connectivity index (χ1n) is 7.20. The molecule has 1 fully saturated rings.